The van der Waals surface area contributed by atoms with Crippen LogP contribution in [0.5, 0.6) is 0 Å². The molecule has 0 radical (unpaired) electrons. The molecule has 32 heavy (non-hydrogen) atoms. The van der Waals surface area contributed by atoms with Crippen LogP contribution in [-0.4, -0.2) is 55.2 Å². The predicted octanol–water partition coefficient (Wildman–Crippen LogP) is 5.40. The molecule has 2 saturated carbocycles. The van der Waals surface area contributed by atoms with Gasteiger partial charge in [0.25, 0.3) is 0 Å². The van der Waals surface area contributed by atoms with Crippen LogP contribution in [0.25, 0.3) is 0 Å². The summed E-state index contributed by atoms with van der Waals surface area (Å²) in [5.74, 6) is 1.71. The molecule has 1 aromatic rings. The zero-order chi connectivity index (χ0) is 22.0. The first-order chi connectivity index (χ1) is 15.5. The molecular weight excluding hydrogens is 394 g/mol. The van der Waals surface area contributed by atoms with E-state index in [9.17, 15) is 0 Å². The molecule has 3 fully saturated rings. The predicted molar refractivity (Wildman–Crippen MR) is 132 cm³/mol. The standard InChI is InChI=1S/C28H41N3O/c1-26(2)23-13-7-8-14-24(23)30(3)28(26)19-29-27(20-32-28)17-21-11-5-6-12-22(21)25(18-27)31-15-9-4-10-16-31/h7-8,13-14,19,21-22,25H,4-6,9-12,15-18,20H2,1-3H3. The minimum absolute atomic E-state index is 0.0302. The van der Waals surface area contributed by atoms with E-state index < -0.39 is 5.72 Å². The van der Waals surface area contributed by atoms with Crippen molar-refractivity contribution >= 4 is 11.9 Å². The largest absolute Gasteiger partial charge is 0.347 e. The van der Waals surface area contributed by atoms with Gasteiger partial charge in [-0.25, -0.2) is 0 Å². The molecule has 0 aromatic heterocycles. The Bertz CT molecular complexity index is 890. The molecule has 1 saturated heterocycles. The third-order valence-corrected chi connectivity index (χ3v) is 9.96. The lowest BCUT2D eigenvalue weighted by Gasteiger charge is -2.56. The Kier molecular flexibility index (Phi) is 5.00. The SMILES string of the molecule is CN1c2ccccc2C(C)(C)C12C=NC1(CO2)CC2CCCCC2C(N2CCCCC2)C1. The highest BCUT2D eigenvalue weighted by atomic mass is 16.5. The van der Waals surface area contributed by atoms with Crippen molar-refractivity contribution in [1.29, 1.82) is 0 Å². The Morgan fingerprint density at radius 1 is 0.969 bits per heavy atom. The molecule has 0 N–H and O–H groups in total. The monoisotopic (exact) mass is 435 g/mol. The van der Waals surface area contributed by atoms with Crippen molar-refractivity contribution in [3.8, 4) is 0 Å². The van der Waals surface area contributed by atoms with E-state index in [1.54, 1.807) is 0 Å². The van der Waals surface area contributed by atoms with Crippen LogP contribution < -0.4 is 4.90 Å². The highest BCUT2D eigenvalue weighted by Crippen LogP contribution is 2.55. The number of likely N-dealkylation sites (tertiary alicyclic amines) is 1. The van der Waals surface area contributed by atoms with Gasteiger partial charge in [-0.05, 0) is 68.7 Å². The molecule has 5 aliphatic rings. The molecule has 4 heteroatoms. The molecule has 6 rings (SSSR count). The van der Waals surface area contributed by atoms with Crippen molar-refractivity contribution in [2.45, 2.75) is 94.4 Å². The van der Waals surface area contributed by atoms with Gasteiger partial charge in [0, 0.05) is 24.2 Å². The summed E-state index contributed by atoms with van der Waals surface area (Å²) in [5.41, 5.74) is 2.01. The number of aliphatic imine (C=N–C) groups is 1. The number of hydrogen-bond acceptors (Lipinski definition) is 4. The molecule has 4 nitrogen and oxygen atoms in total. The van der Waals surface area contributed by atoms with Crippen LogP contribution in [0.2, 0.25) is 0 Å². The van der Waals surface area contributed by atoms with Crippen molar-refractivity contribution in [2.75, 3.05) is 31.6 Å². The molecule has 0 bridgehead atoms. The van der Waals surface area contributed by atoms with E-state index >= 15 is 0 Å². The van der Waals surface area contributed by atoms with Crippen molar-refractivity contribution in [1.82, 2.24) is 4.90 Å². The van der Waals surface area contributed by atoms with Gasteiger partial charge in [-0.3, -0.25) is 4.99 Å². The Labute approximate surface area is 194 Å². The third kappa shape index (κ3) is 2.98. The molecule has 1 aromatic carbocycles. The van der Waals surface area contributed by atoms with Crippen LogP contribution in [0.15, 0.2) is 29.3 Å². The fourth-order valence-corrected chi connectivity index (χ4v) is 8.14. The lowest BCUT2D eigenvalue weighted by Crippen LogP contribution is -2.64. The second kappa shape index (κ2) is 7.56. The molecule has 5 unspecified atom stereocenters. The molecular formula is C28H41N3O. The van der Waals surface area contributed by atoms with Crippen molar-refractivity contribution in [3.63, 3.8) is 0 Å². The summed E-state index contributed by atoms with van der Waals surface area (Å²) >= 11 is 0. The summed E-state index contributed by atoms with van der Waals surface area (Å²) in [4.78, 5) is 10.7. The molecule has 2 spiro atoms. The smallest absolute Gasteiger partial charge is 0.186 e. The van der Waals surface area contributed by atoms with Gasteiger partial charge in [-0.15, -0.1) is 0 Å². The number of hydrogen-bond donors (Lipinski definition) is 0. The van der Waals surface area contributed by atoms with Gasteiger partial charge in [0.15, 0.2) is 5.72 Å². The van der Waals surface area contributed by atoms with Crippen LogP contribution in [0.3, 0.4) is 0 Å². The molecule has 0 amide bonds. The van der Waals surface area contributed by atoms with E-state index in [0.29, 0.717) is 6.04 Å². The summed E-state index contributed by atoms with van der Waals surface area (Å²) in [7, 11) is 2.19. The van der Waals surface area contributed by atoms with Crippen LogP contribution >= 0.6 is 0 Å². The number of fused-ring (bicyclic) bond motifs is 2. The number of anilines is 1. The summed E-state index contributed by atoms with van der Waals surface area (Å²) < 4.78 is 7.00. The normalized spacial score (nSPS) is 41.1. The average Bonchev–Trinajstić information content (AvgIpc) is 2.99. The van der Waals surface area contributed by atoms with Crippen LogP contribution in [0, 0.1) is 11.8 Å². The minimum atomic E-state index is -0.480. The average molecular weight is 436 g/mol. The van der Waals surface area contributed by atoms with Gasteiger partial charge in [0.1, 0.15) is 0 Å². The van der Waals surface area contributed by atoms with Crippen molar-refractivity contribution < 1.29 is 4.74 Å². The highest BCUT2D eigenvalue weighted by Gasteiger charge is 2.60. The zero-order valence-corrected chi connectivity index (χ0v) is 20.4. The maximum Gasteiger partial charge on any atom is 0.186 e. The molecule has 3 heterocycles. The van der Waals surface area contributed by atoms with Gasteiger partial charge >= 0.3 is 0 Å². The number of para-hydroxylation sites is 1. The Balaban J connectivity index is 1.33. The van der Waals surface area contributed by atoms with Crippen LogP contribution in [0.1, 0.15) is 77.2 Å². The van der Waals surface area contributed by atoms with Crippen molar-refractivity contribution in [3.05, 3.63) is 29.8 Å². The summed E-state index contributed by atoms with van der Waals surface area (Å²) in [6.07, 6.45) is 14.5. The van der Waals surface area contributed by atoms with E-state index in [1.165, 1.54) is 82.1 Å². The number of likely N-dealkylation sites (N-methyl/N-ethyl adjacent to an activating group) is 1. The Hall–Kier alpha value is -1.39. The van der Waals surface area contributed by atoms with Crippen molar-refractivity contribution in [2.24, 2.45) is 16.8 Å². The van der Waals surface area contributed by atoms with Crippen LogP contribution in [-0.2, 0) is 10.2 Å². The maximum absolute atomic E-state index is 7.00. The maximum atomic E-state index is 7.00. The number of benzene rings is 1. The fraction of sp³-hybridized carbons (Fsp3) is 0.750. The zero-order valence-electron chi connectivity index (χ0n) is 20.4. The second-order valence-corrected chi connectivity index (χ2v) is 11.9. The first kappa shape index (κ1) is 21.2. The topological polar surface area (TPSA) is 28.1 Å². The molecule has 3 aliphatic heterocycles. The highest BCUT2D eigenvalue weighted by molar-refractivity contribution is 5.84. The van der Waals surface area contributed by atoms with Gasteiger partial charge in [0.05, 0.1) is 18.4 Å². The summed E-state index contributed by atoms with van der Waals surface area (Å²) in [5, 5.41) is 0. The summed E-state index contributed by atoms with van der Waals surface area (Å²) in [6.45, 7) is 8.01. The Morgan fingerprint density at radius 2 is 1.75 bits per heavy atom. The van der Waals surface area contributed by atoms with Crippen LogP contribution in [0.4, 0.5) is 5.69 Å². The van der Waals surface area contributed by atoms with E-state index in [-0.39, 0.29) is 11.0 Å². The molecule has 174 valence electrons. The van der Waals surface area contributed by atoms with Gasteiger partial charge < -0.3 is 14.5 Å². The number of ether oxygens (including phenoxy) is 1. The van der Waals surface area contributed by atoms with Gasteiger partial charge in [-0.1, -0.05) is 57.7 Å². The lowest BCUT2D eigenvalue weighted by molar-refractivity contribution is -0.0912. The van der Waals surface area contributed by atoms with E-state index in [1.807, 2.05) is 0 Å². The van der Waals surface area contributed by atoms with Gasteiger partial charge in [-0.2, -0.15) is 0 Å². The lowest BCUT2D eigenvalue weighted by atomic mass is 9.61. The first-order valence-corrected chi connectivity index (χ1v) is 13.2. The number of nitrogens with zero attached hydrogens (tertiary/aromatic N) is 3. The fourth-order valence-electron chi connectivity index (χ4n) is 8.14. The van der Waals surface area contributed by atoms with E-state index in [2.05, 4.69) is 61.2 Å². The van der Waals surface area contributed by atoms with E-state index in [0.717, 1.165) is 18.4 Å². The first-order valence-electron chi connectivity index (χ1n) is 13.2. The van der Waals surface area contributed by atoms with Gasteiger partial charge in [0.2, 0.25) is 0 Å². The minimum Gasteiger partial charge on any atom is -0.347 e. The number of rotatable bonds is 1. The number of piperidine rings is 1. The third-order valence-electron chi connectivity index (χ3n) is 9.96. The summed E-state index contributed by atoms with van der Waals surface area (Å²) in [6, 6.07) is 9.49. The van der Waals surface area contributed by atoms with E-state index in [4.69, 9.17) is 9.73 Å². The quantitative estimate of drug-likeness (QED) is 0.591. The Morgan fingerprint density at radius 3 is 2.50 bits per heavy atom. The molecule has 2 aliphatic carbocycles. The molecule has 5 atom stereocenters. The second-order valence-electron chi connectivity index (χ2n) is 11.9.